The highest BCUT2D eigenvalue weighted by Gasteiger charge is 2.26. The van der Waals surface area contributed by atoms with Crippen LogP contribution in [0.5, 0.6) is 5.75 Å². The van der Waals surface area contributed by atoms with E-state index in [-0.39, 0.29) is 18.2 Å². The smallest absolute Gasteiger partial charge is 0.317 e. The second kappa shape index (κ2) is 8.41. The molecule has 0 aliphatic heterocycles. The van der Waals surface area contributed by atoms with Crippen LogP contribution in [-0.2, 0) is 0 Å². The van der Waals surface area contributed by atoms with E-state index in [0.29, 0.717) is 12.0 Å². The summed E-state index contributed by atoms with van der Waals surface area (Å²) in [5.74, 6) is 1.55. The second-order valence-corrected chi connectivity index (χ2v) is 7.45. The SMILES string of the molecule is CC1CCCC(N(C)C(=O)NC(C)c2cccc(OC(C)C)c2)C1. The first-order chi connectivity index (χ1) is 11.4. The standard InChI is InChI=1S/C20H32N2O2/c1-14(2)24-19-11-7-9-17(13-19)16(4)21-20(23)22(5)18-10-6-8-15(3)12-18/h7,9,11,13-16,18H,6,8,10,12H2,1-5H3,(H,21,23). The molecule has 1 saturated carbocycles. The van der Waals surface area contributed by atoms with Crippen LogP contribution in [0.1, 0.15) is 65.0 Å². The molecule has 0 heterocycles. The number of hydrogen-bond donors (Lipinski definition) is 1. The molecular weight excluding hydrogens is 300 g/mol. The minimum Gasteiger partial charge on any atom is -0.491 e. The van der Waals surface area contributed by atoms with E-state index in [1.165, 1.54) is 12.8 Å². The Bertz CT molecular complexity index is 544. The van der Waals surface area contributed by atoms with Crippen LogP contribution in [0.4, 0.5) is 4.79 Å². The van der Waals surface area contributed by atoms with Gasteiger partial charge in [0.15, 0.2) is 0 Å². The van der Waals surface area contributed by atoms with Crippen molar-refractivity contribution in [1.29, 1.82) is 0 Å². The van der Waals surface area contributed by atoms with Crippen LogP contribution in [0, 0.1) is 5.92 Å². The molecule has 24 heavy (non-hydrogen) atoms. The van der Waals surface area contributed by atoms with Gasteiger partial charge in [-0.25, -0.2) is 4.79 Å². The molecule has 3 unspecified atom stereocenters. The minimum absolute atomic E-state index is 0.0109. The van der Waals surface area contributed by atoms with Gasteiger partial charge in [-0.05, 0) is 57.2 Å². The predicted octanol–water partition coefficient (Wildman–Crippen LogP) is 4.75. The molecule has 0 spiro atoms. The molecule has 1 aromatic carbocycles. The number of ether oxygens (including phenoxy) is 1. The van der Waals surface area contributed by atoms with Gasteiger partial charge < -0.3 is 15.0 Å². The van der Waals surface area contributed by atoms with Crippen molar-refractivity contribution in [2.45, 2.75) is 71.6 Å². The number of carbonyl (C=O) groups is 1. The van der Waals surface area contributed by atoms with Crippen molar-refractivity contribution in [3.8, 4) is 5.75 Å². The van der Waals surface area contributed by atoms with E-state index in [0.717, 1.165) is 24.2 Å². The number of urea groups is 1. The lowest BCUT2D eigenvalue weighted by atomic mass is 9.86. The average molecular weight is 332 g/mol. The highest BCUT2D eigenvalue weighted by Crippen LogP contribution is 2.27. The fraction of sp³-hybridized carbons (Fsp3) is 0.650. The summed E-state index contributed by atoms with van der Waals surface area (Å²) in [7, 11) is 1.92. The van der Waals surface area contributed by atoms with Gasteiger partial charge in [-0.3, -0.25) is 0 Å². The third-order valence-electron chi connectivity index (χ3n) is 4.85. The van der Waals surface area contributed by atoms with Crippen molar-refractivity contribution in [3.05, 3.63) is 29.8 Å². The van der Waals surface area contributed by atoms with E-state index in [2.05, 4.69) is 12.2 Å². The maximum Gasteiger partial charge on any atom is 0.317 e. The van der Waals surface area contributed by atoms with Gasteiger partial charge in [0.25, 0.3) is 0 Å². The van der Waals surface area contributed by atoms with E-state index in [9.17, 15) is 4.79 Å². The van der Waals surface area contributed by atoms with Crippen LogP contribution in [0.25, 0.3) is 0 Å². The van der Waals surface area contributed by atoms with Gasteiger partial charge in [-0.15, -0.1) is 0 Å². The van der Waals surface area contributed by atoms with Crippen molar-refractivity contribution >= 4 is 6.03 Å². The van der Waals surface area contributed by atoms with Gasteiger partial charge in [-0.2, -0.15) is 0 Å². The van der Waals surface area contributed by atoms with Gasteiger partial charge in [-0.1, -0.05) is 31.9 Å². The molecule has 1 aliphatic rings. The number of carbonyl (C=O) groups excluding carboxylic acids is 1. The Morgan fingerprint density at radius 3 is 2.71 bits per heavy atom. The normalized spacial score (nSPS) is 22.1. The molecule has 134 valence electrons. The maximum atomic E-state index is 12.6. The fourth-order valence-electron chi connectivity index (χ4n) is 3.42. The van der Waals surface area contributed by atoms with Crippen LogP contribution in [0.3, 0.4) is 0 Å². The monoisotopic (exact) mass is 332 g/mol. The summed E-state index contributed by atoms with van der Waals surface area (Å²) in [6.07, 6.45) is 4.86. The van der Waals surface area contributed by atoms with Gasteiger partial charge in [0, 0.05) is 13.1 Å². The van der Waals surface area contributed by atoms with E-state index >= 15 is 0 Å². The average Bonchev–Trinajstić information content (AvgIpc) is 2.53. The summed E-state index contributed by atoms with van der Waals surface area (Å²) in [5.41, 5.74) is 1.06. The zero-order chi connectivity index (χ0) is 17.7. The lowest BCUT2D eigenvalue weighted by molar-refractivity contribution is 0.158. The van der Waals surface area contributed by atoms with Crippen molar-refractivity contribution < 1.29 is 9.53 Å². The van der Waals surface area contributed by atoms with Crippen molar-refractivity contribution in [2.24, 2.45) is 5.92 Å². The Labute approximate surface area is 146 Å². The molecule has 1 aromatic rings. The molecule has 1 N–H and O–H groups in total. The zero-order valence-corrected chi connectivity index (χ0v) is 15.7. The molecule has 1 fully saturated rings. The fourth-order valence-corrected chi connectivity index (χ4v) is 3.42. The first-order valence-corrected chi connectivity index (χ1v) is 9.16. The Morgan fingerprint density at radius 2 is 2.04 bits per heavy atom. The quantitative estimate of drug-likeness (QED) is 0.845. The molecule has 1 aliphatic carbocycles. The Balaban J connectivity index is 1.95. The number of benzene rings is 1. The number of rotatable bonds is 5. The van der Waals surface area contributed by atoms with Gasteiger partial charge in [0.1, 0.15) is 5.75 Å². The van der Waals surface area contributed by atoms with Crippen LogP contribution in [-0.4, -0.2) is 30.1 Å². The highest BCUT2D eigenvalue weighted by atomic mass is 16.5. The Morgan fingerprint density at radius 1 is 1.29 bits per heavy atom. The Hall–Kier alpha value is -1.71. The predicted molar refractivity (Wildman–Crippen MR) is 98.3 cm³/mol. The number of nitrogens with zero attached hydrogens (tertiary/aromatic N) is 1. The van der Waals surface area contributed by atoms with Crippen LogP contribution in [0.2, 0.25) is 0 Å². The molecule has 0 bridgehead atoms. The summed E-state index contributed by atoms with van der Waals surface area (Å²) >= 11 is 0. The lowest BCUT2D eigenvalue weighted by Crippen LogP contribution is -2.45. The second-order valence-electron chi connectivity index (χ2n) is 7.45. The van der Waals surface area contributed by atoms with Crippen molar-refractivity contribution in [1.82, 2.24) is 10.2 Å². The number of amides is 2. The lowest BCUT2D eigenvalue weighted by Gasteiger charge is -2.34. The summed E-state index contributed by atoms with van der Waals surface area (Å²) in [6.45, 7) is 8.32. The third-order valence-corrected chi connectivity index (χ3v) is 4.85. The number of hydrogen-bond acceptors (Lipinski definition) is 2. The highest BCUT2D eigenvalue weighted by molar-refractivity contribution is 5.74. The first kappa shape index (κ1) is 18.6. The van der Waals surface area contributed by atoms with Gasteiger partial charge in [0.05, 0.1) is 12.1 Å². The van der Waals surface area contributed by atoms with Crippen LogP contribution >= 0.6 is 0 Å². The molecule has 2 amide bonds. The molecule has 0 radical (unpaired) electrons. The molecule has 3 atom stereocenters. The third kappa shape index (κ3) is 5.15. The summed E-state index contributed by atoms with van der Waals surface area (Å²) in [6, 6.07) is 8.29. The van der Waals surface area contributed by atoms with Gasteiger partial charge >= 0.3 is 6.03 Å². The van der Waals surface area contributed by atoms with Gasteiger partial charge in [0.2, 0.25) is 0 Å². The minimum atomic E-state index is -0.0447. The first-order valence-electron chi connectivity index (χ1n) is 9.16. The topological polar surface area (TPSA) is 41.6 Å². The van der Waals surface area contributed by atoms with E-state index < -0.39 is 0 Å². The molecule has 0 aromatic heterocycles. The number of nitrogens with one attached hydrogen (secondary N) is 1. The molecule has 4 nitrogen and oxygen atoms in total. The molecule has 2 rings (SSSR count). The van der Waals surface area contributed by atoms with E-state index in [4.69, 9.17) is 4.74 Å². The largest absolute Gasteiger partial charge is 0.491 e. The molecule has 0 saturated heterocycles. The summed E-state index contributed by atoms with van der Waals surface area (Å²) in [4.78, 5) is 14.5. The summed E-state index contributed by atoms with van der Waals surface area (Å²) in [5, 5.41) is 3.12. The molecule has 4 heteroatoms. The molecular formula is C20H32N2O2. The van der Waals surface area contributed by atoms with Crippen LogP contribution < -0.4 is 10.1 Å². The zero-order valence-electron chi connectivity index (χ0n) is 15.7. The Kier molecular flexibility index (Phi) is 6.52. The maximum absolute atomic E-state index is 12.6. The van der Waals surface area contributed by atoms with E-state index in [1.807, 2.05) is 57.0 Å². The summed E-state index contributed by atoms with van der Waals surface area (Å²) < 4.78 is 5.74. The van der Waals surface area contributed by atoms with E-state index in [1.54, 1.807) is 0 Å². The van der Waals surface area contributed by atoms with Crippen molar-refractivity contribution in [3.63, 3.8) is 0 Å². The van der Waals surface area contributed by atoms with Crippen molar-refractivity contribution in [2.75, 3.05) is 7.05 Å². The van der Waals surface area contributed by atoms with Crippen LogP contribution in [0.15, 0.2) is 24.3 Å².